The van der Waals surface area contributed by atoms with Crippen molar-refractivity contribution in [3.05, 3.63) is 0 Å². The van der Waals surface area contributed by atoms with Crippen LogP contribution in [0.15, 0.2) is 0 Å². The molecule has 1 saturated carbocycles. The summed E-state index contributed by atoms with van der Waals surface area (Å²) in [6.07, 6.45) is 19.3. The summed E-state index contributed by atoms with van der Waals surface area (Å²) in [5.74, 6) is 1.73. The van der Waals surface area contributed by atoms with E-state index < -0.39 is 0 Å². The van der Waals surface area contributed by atoms with Gasteiger partial charge in [-0.1, -0.05) is 64.2 Å². The maximum Gasteiger partial charge on any atom is 0.305 e. The van der Waals surface area contributed by atoms with Gasteiger partial charge in [0.1, 0.15) is 0 Å². The van der Waals surface area contributed by atoms with Gasteiger partial charge < -0.3 is 23.8 Å². The number of carbonyl (C=O) groups excluding carboxylic acids is 2. The van der Waals surface area contributed by atoms with Crippen molar-refractivity contribution in [2.75, 3.05) is 54.7 Å². The van der Waals surface area contributed by atoms with E-state index in [0.29, 0.717) is 26.1 Å². The van der Waals surface area contributed by atoms with Crippen LogP contribution in [0.1, 0.15) is 109 Å². The second-order valence-electron chi connectivity index (χ2n) is 11.0. The Morgan fingerprint density at radius 1 is 0.649 bits per heavy atom. The minimum atomic E-state index is -0.133. The van der Waals surface area contributed by atoms with E-state index in [1.807, 2.05) is 0 Å². The lowest BCUT2D eigenvalue weighted by atomic mass is 10.0. The fraction of sp³-hybridized carbons (Fsp3) is 0.933. The van der Waals surface area contributed by atoms with E-state index >= 15 is 0 Å². The monoisotopic (exact) mass is 527 g/mol. The molecule has 0 aromatic heterocycles. The summed E-state index contributed by atoms with van der Waals surface area (Å²) in [6.45, 7) is 2.96. The zero-order valence-corrected chi connectivity index (χ0v) is 24.5. The quantitative estimate of drug-likeness (QED) is 0.0983. The number of hydrogen-bond acceptors (Lipinski definition) is 7. The van der Waals surface area contributed by atoms with Gasteiger partial charge >= 0.3 is 11.9 Å². The number of hydrogen-bond donors (Lipinski definition) is 0. The van der Waals surface area contributed by atoms with Gasteiger partial charge in [-0.2, -0.15) is 0 Å². The third kappa shape index (κ3) is 19.5. The maximum absolute atomic E-state index is 11.1. The molecule has 0 saturated heterocycles. The molecule has 1 aliphatic carbocycles. The summed E-state index contributed by atoms with van der Waals surface area (Å²) in [5.41, 5.74) is 0. The first-order chi connectivity index (χ1) is 18.0. The second-order valence-corrected chi connectivity index (χ2v) is 11.0. The maximum atomic E-state index is 11.1. The molecule has 0 aromatic rings. The van der Waals surface area contributed by atoms with Crippen molar-refractivity contribution in [3.63, 3.8) is 0 Å². The van der Waals surface area contributed by atoms with Crippen molar-refractivity contribution >= 4 is 11.9 Å². The van der Waals surface area contributed by atoms with Gasteiger partial charge in [-0.25, -0.2) is 0 Å². The Labute approximate surface area is 227 Å². The van der Waals surface area contributed by atoms with E-state index in [4.69, 9.17) is 14.2 Å². The summed E-state index contributed by atoms with van der Waals surface area (Å²) >= 11 is 0. The number of rotatable bonds is 26. The van der Waals surface area contributed by atoms with Crippen molar-refractivity contribution in [2.24, 2.45) is 11.8 Å². The number of methoxy groups -OCH3 is 2. The molecule has 0 radical (unpaired) electrons. The summed E-state index contributed by atoms with van der Waals surface area (Å²) in [5, 5.41) is 0. The summed E-state index contributed by atoms with van der Waals surface area (Å²) < 4.78 is 21.1. The van der Waals surface area contributed by atoms with Crippen LogP contribution in [-0.2, 0) is 28.5 Å². The number of nitrogens with zero attached hydrogens (tertiary/aromatic N) is 1. The van der Waals surface area contributed by atoms with Gasteiger partial charge in [0.15, 0.2) is 0 Å². The fourth-order valence-electron chi connectivity index (χ4n) is 4.83. The van der Waals surface area contributed by atoms with Crippen LogP contribution in [-0.4, -0.2) is 77.6 Å². The number of esters is 2. The molecule has 37 heavy (non-hydrogen) atoms. The predicted molar refractivity (Wildman–Crippen MR) is 149 cm³/mol. The first kappa shape index (κ1) is 33.8. The van der Waals surface area contributed by atoms with Crippen LogP contribution in [0, 0.1) is 11.8 Å². The first-order valence-corrected chi connectivity index (χ1v) is 14.9. The molecule has 3 atom stereocenters. The minimum Gasteiger partial charge on any atom is -0.469 e. The topological polar surface area (TPSA) is 74.3 Å². The SMILES string of the molecule is COC(=O)CCCCCOCC(COCCCCCCCCC1CC1CCCCCC(=O)OC)N(C)C. The van der Waals surface area contributed by atoms with E-state index in [1.54, 1.807) is 0 Å². The Morgan fingerprint density at radius 2 is 1.05 bits per heavy atom. The number of carbonyl (C=O) groups is 2. The molecule has 3 unspecified atom stereocenters. The summed E-state index contributed by atoms with van der Waals surface area (Å²) in [7, 11) is 7.05. The molecular formula is C30H57NO6. The molecule has 0 aromatic carbocycles. The van der Waals surface area contributed by atoms with E-state index in [0.717, 1.165) is 63.6 Å². The molecule has 0 heterocycles. The van der Waals surface area contributed by atoms with Gasteiger partial charge in [0.05, 0.1) is 33.5 Å². The van der Waals surface area contributed by atoms with Gasteiger partial charge in [0.2, 0.25) is 0 Å². The standard InChI is InChI=1S/C30H57NO6/c1-31(2)28(25-37-22-16-10-14-20-30(33)35-4)24-36-21-15-8-6-5-7-11-17-26-23-27(26)18-12-9-13-19-29(32)34-3/h26-28H,5-25H2,1-4H3. The first-order valence-electron chi connectivity index (χ1n) is 14.9. The van der Waals surface area contributed by atoms with Crippen molar-refractivity contribution < 1.29 is 28.5 Å². The molecule has 1 fully saturated rings. The molecule has 7 heteroatoms. The van der Waals surface area contributed by atoms with Crippen molar-refractivity contribution in [2.45, 2.75) is 115 Å². The number of likely N-dealkylation sites (N-methyl/N-ethyl adjacent to an activating group) is 1. The Balaban J connectivity index is 1.85. The number of ether oxygens (including phenoxy) is 4. The van der Waals surface area contributed by atoms with E-state index in [2.05, 4.69) is 23.7 Å². The average molecular weight is 528 g/mol. The number of unbranched alkanes of at least 4 members (excludes halogenated alkanes) is 9. The molecular weight excluding hydrogens is 470 g/mol. The normalized spacial score (nSPS) is 17.6. The van der Waals surface area contributed by atoms with Crippen LogP contribution < -0.4 is 0 Å². The molecule has 7 nitrogen and oxygen atoms in total. The molecule has 0 N–H and O–H groups in total. The van der Waals surface area contributed by atoms with Gasteiger partial charge in [-0.05, 0) is 58.0 Å². The highest BCUT2D eigenvalue weighted by Gasteiger charge is 2.35. The Hall–Kier alpha value is -1.18. The second kappa shape index (κ2) is 22.8. The highest BCUT2D eigenvalue weighted by Crippen LogP contribution is 2.45. The Morgan fingerprint density at radius 3 is 1.51 bits per heavy atom. The van der Waals surface area contributed by atoms with Crippen molar-refractivity contribution in [1.29, 1.82) is 0 Å². The lowest BCUT2D eigenvalue weighted by Gasteiger charge is -2.24. The largest absolute Gasteiger partial charge is 0.469 e. The molecule has 0 bridgehead atoms. The predicted octanol–water partition coefficient (Wildman–Crippen LogP) is 6.17. The van der Waals surface area contributed by atoms with Crippen LogP contribution in [0.5, 0.6) is 0 Å². The van der Waals surface area contributed by atoms with Gasteiger partial charge in [0, 0.05) is 26.1 Å². The van der Waals surface area contributed by atoms with E-state index in [-0.39, 0.29) is 18.0 Å². The zero-order valence-electron chi connectivity index (χ0n) is 24.5. The Bertz CT molecular complexity index is 570. The van der Waals surface area contributed by atoms with Gasteiger partial charge in [-0.15, -0.1) is 0 Å². The fourth-order valence-corrected chi connectivity index (χ4v) is 4.83. The van der Waals surface area contributed by atoms with E-state index in [9.17, 15) is 9.59 Å². The van der Waals surface area contributed by atoms with Crippen LogP contribution in [0.25, 0.3) is 0 Å². The van der Waals surface area contributed by atoms with Crippen LogP contribution in [0.2, 0.25) is 0 Å². The lowest BCUT2D eigenvalue weighted by molar-refractivity contribution is -0.141. The highest BCUT2D eigenvalue weighted by molar-refractivity contribution is 5.69. The van der Waals surface area contributed by atoms with Gasteiger partial charge in [0.25, 0.3) is 0 Å². The lowest BCUT2D eigenvalue weighted by Crippen LogP contribution is -2.37. The highest BCUT2D eigenvalue weighted by atomic mass is 16.5. The summed E-state index contributed by atoms with van der Waals surface area (Å²) in [6, 6.07) is 0.279. The zero-order chi connectivity index (χ0) is 27.1. The smallest absolute Gasteiger partial charge is 0.305 e. The van der Waals surface area contributed by atoms with Gasteiger partial charge in [-0.3, -0.25) is 9.59 Å². The third-order valence-electron chi connectivity index (χ3n) is 7.61. The summed E-state index contributed by atoms with van der Waals surface area (Å²) in [4.78, 5) is 24.4. The molecule has 1 rings (SSSR count). The van der Waals surface area contributed by atoms with Crippen LogP contribution >= 0.6 is 0 Å². The third-order valence-corrected chi connectivity index (χ3v) is 7.61. The minimum absolute atomic E-state index is 0.0751. The average Bonchev–Trinajstić information content (AvgIpc) is 3.64. The van der Waals surface area contributed by atoms with Crippen molar-refractivity contribution in [1.82, 2.24) is 4.90 Å². The van der Waals surface area contributed by atoms with Crippen LogP contribution in [0.4, 0.5) is 0 Å². The van der Waals surface area contributed by atoms with E-state index in [1.165, 1.54) is 72.0 Å². The molecule has 1 aliphatic rings. The van der Waals surface area contributed by atoms with Crippen LogP contribution in [0.3, 0.4) is 0 Å². The molecule has 0 amide bonds. The van der Waals surface area contributed by atoms with Crippen molar-refractivity contribution in [3.8, 4) is 0 Å². The Kier molecular flexibility index (Phi) is 20.8. The molecule has 0 spiro atoms. The molecule has 0 aliphatic heterocycles. The molecule has 218 valence electrons.